The molecule has 1 aromatic rings. The zero-order valence-corrected chi connectivity index (χ0v) is 8.91. The van der Waals surface area contributed by atoms with E-state index in [0.717, 1.165) is 5.56 Å². The van der Waals surface area contributed by atoms with Gasteiger partial charge >= 0.3 is 0 Å². The number of halogens is 1. The molecule has 0 saturated heterocycles. The van der Waals surface area contributed by atoms with Crippen molar-refractivity contribution in [3.8, 4) is 0 Å². The minimum absolute atomic E-state index is 0.183. The van der Waals surface area contributed by atoms with Crippen molar-refractivity contribution < 1.29 is 10.2 Å². The maximum atomic E-state index is 9.27. The van der Waals surface area contributed by atoms with Crippen molar-refractivity contribution in [3.05, 3.63) is 34.9 Å². The minimum atomic E-state index is -0.638. The fraction of sp³-hybridized carbons (Fsp3) is 0.455. The highest BCUT2D eigenvalue weighted by Gasteiger charge is 2.10. The molecule has 2 unspecified atom stereocenters. The molecule has 0 fully saturated rings. The number of aliphatic hydroxyl groups excluding tert-OH is 2. The van der Waals surface area contributed by atoms with Crippen LogP contribution in [0.2, 0.25) is 5.02 Å². The molecule has 0 radical (unpaired) electrons. The predicted octanol–water partition coefficient (Wildman–Crippen LogP) is 2.19. The molecule has 0 amide bonds. The smallest absolute Gasteiger partial charge is 0.0776 e. The Bertz CT molecular complexity index is 271. The van der Waals surface area contributed by atoms with E-state index in [4.69, 9.17) is 16.7 Å². The minimum Gasteiger partial charge on any atom is -0.394 e. The molecule has 2 nitrogen and oxygen atoms in total. The largest absolute Gasteiger partial charge is 0.394 e. The second-order valence-corrected chi connectivity index (χ2v) is 3.96. The normalized spacial score (nSPS) is 15.1. The number of benzene rings is 1. The summed E-state index contributed by atoms with van der Waals surface area (Å²) in [4.78, 5) is 0. The number of aliphatic hydroxyl groups is 2. The van der Waals surface area contributed by atoms with Gasteiger partial charge in [0, 0.05) is 5.02 Å². The molecule has 2 N–H and O–H groups in total. The van der Waals surface area contributed by atoms with Crippen LogP contribution in [0.5, 0.6) is 0 Å². The van der Waals surface area contributed by atoms with Gasteiger partial charge in [0.1, 0.15) is 0 Å². The van der Waals surface area contributed by atoms with Crippen LogP contribution in [0.3, 0.4) is 0 Å². The lowest BCUT2D eigenvalue weighted by molar-refractivity contribution is 0.0835. The van der Waals surface area contributed by atoms with Crippen molar-refractivity contribution in [2.75, 3.05) is 6.61 Å². The van der Waals surface area contributed by atoms with Gasteiger partial charge in [0.15, 0.2) is 0 Å². The average molecular weight is 215 g/mol. The van der Waals surface area contributed by atoms with Crippen molar-refractivity contribution in [3.63, 3.8) is 0 Å². The van der Waals surface area contributed by atoms with E-state index in [9.17, 15) is 5.11 Å². The SMILES string of the molecule is CC(CC(O)CO)c1ccc(Cl)cc1. The van der Waals surface area contributed by atoms with Gasteiger partial charge in [-0.15, -0.1) is 0 Å². The highest BCUT2D eigenvalue weighted by Crippen LogP contribution is 2.22. The van der Waals surface area contributed by atoms with Gasteiger partial charge in [-0.3, -0.25) is 0 Å². The summed E-state index contributed by atoms with van der Waals surface area (Å²) in [5.41, 5.74) is 1.13. The van der Waals surface area contributed by atoms with Gasteiger partial charge in [-0.2, -0.15) is 0 Å². The highest BCUT2D eigenvalue weighted by atomic mass is 35.5. The fourth-order valence-electron chi connectivity index (χ4n) is 1.41. The van der Waals surface area contributed by atoms with Gasteiger partial charge in [-0.1, -0.05) is 30.7 Å². The summed E-state index contributed by atoms with van der Waals surface area (Å²) >= 11 is 5.76. The number of hydrogen-bond donors (Lipinski definition) is 2. The van der Waals surface area contributed by atoms with E-state index in [-0.39, 0.29) is 12.5 Å². The Morgan fingerprint density at radius 2 is 1.86 bits per heavy atom. The fourth-order valence-corrected chi connectivity index (χ4v) is 1.54. The van der Waals surface area contributed by atoms with Crippen molar-refractivity contribution in [2.24, 2.45) is 0 Å². The lowest BCUT2D eigenvalue weighted by atomic mass is 9.95. The molecule has 0 spiro atoms. The van der Waals surface area contributed by atoms with E-state index in [1.165, 1.54) is 0 Å². The first-order valence-corrected chi connectivity index (χ1v) is 5.05. The summed E-state index contributed by atoms with van der Waals surface area (Å²) < 4.78 is 0. The maximum Gasteiger partial charge on any atom is 0.0776 e. The maximum absolute atomic E-state index is 9.27. The third-order valence-corrected chi connectivity index (χ3v) is 2.53. The van der Waals surface area contributed by atoms with Crippen LogP contribution in [-0.2, 0) is 0 Å². The van der Waals surface area contributed by atoms with Gasteiger partial charge in [-0.05, 0) is 30.0 Å². The average Bonchev–Trinajstić information content (AvgIpc) is 2.18. The van der Waals surface area contributed by atoms with E-state index in [1.54, 1.807) is 0 Å². The van der Waals surface area contributed by atoms with Crippen LogP contribution in [-0.4, -0.2) is 22.9 Å². The molecule has 1 rings (SSSR count). The zero-order valence-electron chi connectivity index (χ0n) is 8.15. The molecule has 0 aliphatic carbocycles. The van der Waals surface area contributed by atoms with Crippen LogP contribution in [0.1, 0.15) is 24.8 Å². The summed E-state index contributed by atoms with van der Waals surface area (Å²) in [6.45, 7) is 1.83. The summed E-state index contributed by atoms with van der Waals surface area (Å²) in [5.74, 6) is 0.231. The van der Waals surface area contributed by atoms with Crippen LogP contribution in [0.25, 0.3) is 0 Å². The predicted molar refractivity (Wildman–Crippen MR) is 57.6 cm³/mol. The first kappa shape index (κ1) is 11.5. The third kappa shape index (κ3) is 3.29. The first-order valence-electron chi connectivity index (χ1n) is 4.68. The van der Waals surface area contributed by atoms with E-state index in [2.05, 4.69) is 0 Å². The second kappa shape index (κ2) is 5.35. The molecule has 14 heavy (non-hydrogen) atoms. The van der Waals surface area contributed by atoms with E-state index >= 15 is 0 Å². The van der Waals surface area contributed by atoms with Crippen molar-refractivity contribution in [1.82, 2.24) is 0 Å². The second-order valence-electron chi connectivity index (χ2n) is 3.52. The van der Waals surface area contributed by atoms with E-state index in [0.29, 0.717) is 11.4 Å². The Labute approximate surface area is 89.1 Å². The van der Waals surface area contributed by atoms with Gasteiger partial charge in [-0.25, -0.2) is 0 Å². The molecule has 1 aromatic carbocycles. The summed E-state index contributed by atoms with van der Waals surface area (Å²) in [6, 6.07) is 7.55. The zero-order chi connectivity index (χ0) is 10.6. The molecule has 0 heterocycles. The van der Waals surface area contributed by atoms with E-state index < -0.39 is 6.10 Å². The van der Waals surface area contributed by atoms with Gasteiger partial charge < -0.3 is 10.2 Å². The summed E-state index contributed by atoms with van der Waals surface area (Å²) in [7, 11) is 0. The first-order chi connectivity index (χ1) is 6.63. The Hall–Kier alpha value is -0.570. The van der Waals surface area contributed by atoms with Gasteiger partial charge in [0.05, 0.1) is 12.7 Å². The van der Waals surface area contributed by atoms with Gasteiger partial charge in [0.25, 0.3) is 0 Å². The Kier molecular flexibility index (Phi) is 4.39. The van der Waals surface area contributed by atoms with E-state index in [1.807, 2.05) is 31.2 Å². The lowest BCUT2D eigenvalue weighted by Gasteiger charge is -2.14. The highest BCUT2D eigenvalue weighted by molar-refractivity contribution is 6.30. The van der Waals surface area contributed by atoms with Crippen LogP contribution in [0.15, 0.2) is 24.3 Å². The Balaban J connectivity index is 2.60. The Morgan fingerprint density at radius 1 is 1.29 bits per heavy atom. The summed E-state index contributed by atoms with van der Waals surface area (Å²) in [6.07, 6.45) is -0.0707. The van der Waals surface area contributed by atoms with Crippen LogP contribution in [0, 0.1) is 0 Å². The molecular formula is C11H15ClO2. The lowest BCUT2D eigenvalue weighted by Crippen LogP contribution is -2.14. The van der Waals surface area contributed by atoms with Crippen LogP contribution in [0.4, 0.5) is 0 Å². The standard InChI is InChI=1S/C11H15ClO2/c1-8(6-11(14)7-13)9-2-4-10(12)5-3-9/h2-5,8,11,13-14H,6-7H2,1H3. The molecule has 0 aliphatic rings. The molecule has 0 aliphatic heterocycles. The quantitative estimate of drug-likeness (QED) is 0.807. The summed E-state index contributed by atoms with van der Waals surface area (Å²) in [5, 5.41) is 18.7. The number of rotatable bonds is 4. The van der Waals surface area contributed by atoms with Crippen molar-refractivity contribution in [1.29, 1.82) is 0 Å². The molecule has 0 aromatic heterocycles. The molecular weight excluding hydrogens is 200 g/mol. The molecule has 0 bridgehead atoms. The molecule has 2 atom stereocenters. The number of hydrogen-bond acceptors (Lipinski definition) is 2. The molecule has 0 saturated carbocycles. The monoisotopic (exact) mass is 214 g/mol. The Morgan fingerprint density at radius 3 is 2.36 bits per heavy atom. The topological polar surface area (TPSA) is 40.5 Å². The van der Waals surface area contributed by atoms with Crippen LogP contribution < -0.4 is 0 Å². The molecule has 3 heteroatoms. The molecule has 78 valence electrons. The third-order valence-electron chi connectivity index (χ3n) is 2.28. The van der Waals surface area contributed by atoms with Crippen molar-refractivity contribution >= 4 is 11.6 Å². The van der Waals surface area contributed by atoms with Gasteiger partial charge in [0.2, 0.25) is 0 Å². The van der Waals surface area contributed by atoms with Crippen LogP contribution >= 0.6 is 11.6 Å². The van der Waals surface area contributed by atoms with Crippen molar-refractivity contribution in [2.45, 2.75) is 25.4 Å².